The molecule has 2 aliphatic rings. The van der Waals surface area contributed by atoms with E-state index in [1.807, 2.05) is 72.8 Å². The van der Waals surface area contributed by atoms with Gasteiger partial charge in [0.1, 0.15) is 5.75 Å². The number of rotatable bonds is 2. The molecule has 0 spiro atoms. The Labute approximate surface area is 153 Å². The summed E-state index contributed by atoms with van der Waals surface area (Å²) in [7, 11) is 0. The fourth-order valence-electron chi connectivity index (χ4n) is 4.95. The molecule has 1 aliphatic carbocycles. The predicted octanol–water partition coefficient (Wildman–Crippen LogP) is 3.68. The van der Waals surface area contributed by atoms with Gasteiger partial charge >= 0.3 is 0 Å². The zero-order chi connectivity index (χ0) is 17.8. The number of para-hydroxylation sites is 1. The van der Waals surface area contributed by atoms with E-state index in [4.69, 9.17) is 10.5 Å². The first-order valence-corrected chi connectivity index (χ1v) is 9.05. The summed E-state index contributed by atoms with van der Waals surface area (Å²) in [5.41, 5.74) is 7.27. The van der Waals surface area contributed by atoms with Crippen molar-refractivity contribution in [1.82, 2.24) is 0 Å². The van der Waals surface area contributed by atoms with Gasteiger partial charge in [0.25, 0.3) is 0 Å². The molecular formula is C23H21NO2. The molecule has 1 aliphatic heterocycles. The average molecular weight is 343 g/mol. The minimum Gasteiger partial charge on any atom is -0.478 e. The normalized spacial score (nSPS) is 31.9. The van der Waals surface area contributed by atoms with E-state index >= 15 is 0 Å². The molecule has 4 atom stereocenters. The van der Waals surface area contributed by atoms with Crippen molar-refractivity contribution in [1.29, 1.82) is 0 Å². The van der Waals surface area contributed by atoms with Gasteiger partial charge in [0.05, 0.1) is 0 Å². The summed E-state index contributed by atoms with van der Waals surface area (Å²) >= 11 is 0. The van der Waals surface area contributed by atoms with Crippen LogP contribution in [0.1, 0.15) is 29.0 Å². The molecule has 130 valence electrons. The van der Waals surface area contributed by atoms with Crippen LogP contribution in [0.3, 0.4) is 0 Å². The van der Waals surface area contributed by atoms with E-state index in [9.17, 15) is 5.11 Å². The van der Waals surface area contributed by atoms with Gasteiger partial charge in [-0.2, -0.15) is 0 Å². The lowest BCUT2D eigenvalue weighted by Crippen LogP contribution is -2.54. The summed E-state index contributed by atoms with van der Waals surface area (Å²) in [6, 6.07) is 27.6. The zero-order valence-electron chi connectivity index (χ0n) is 14.4. The smallest absolute Gasteiger partial charge is 0.175 e. The number of fused-ring (bicyclic) bond motifs is 3. The molecule has 0 amide bonds. The highest BCUT2D eigenvalue weighted by atomic mass is 16.5. The highest BCUT2D eigenvalue weighted by Crippen LogP contribution is 2.65. The summed E-state index contributed by atoms with van der Waals surface area (Å²) in [5, 5.41) is 12.0. The lowest BCUT2D eigenvalue weighted by molar-refractivity contribution is -0.112. The Morgan fingerprint density at radius 2 is 1.46 bits per heavy atom. The Bertz CT molecular complexity index is 943. The molecule has 26 heavy (non-hydrogen) atoms. The lowest BCUT2D eigenvalue weighted by Gasteiger charge is -2.41. The molecule has 1 saturated carbocycles. The second-order valence-corrected chi connectivity index (χ2v) is 7.27. The summed E-state index contributed by atoms with van der Waals surface area (Å²) < 4.78 is 6.62. The maximum absolute atomic E-state index is 12.0. The average Bonchev–Trinajstić information content (AvgIpc) is 3.10. The summed E-state index contributed by atoms with van der Waals surface area (Å²) in [6.45, 7) is 0. The molecule has 0 aromatic heterocycles. The van der Waals surface area contributed by atoms with Gasteiger partial charge < -0.3 is 15.6 Å². The molecule has 1 heterocycles. The molecule has 1 fully saturated rings. The number of ether oxygens (including phenoxy) is 1. The van der Waals surface area contributed by atoms with E-state index in [2.05, 4.69) is 12.1 Å². The van der Waals surface area contributed by atoms with Crippen LogP contribution in [0.15, 0.2) is 84.9 Å². The maximum atomic E-state index is 12.0. The second kappa shape index (κ2) is 5.44. The quantitative estimate of drug-likeness (QED) is 0.746. The van der Waals surface area contributed by atoms with E-state index in [1.54, 1.807) is 0 Å². The topological polar surface area (TPSA) is 55.5 Å². The molecule has 3 aromatic rings. The van der Waals surface area contributed by atoms with Crippen LogP contribution in [0.5, 0.6) is 5.75 Å². The van der Waals surface area contributed by atoms with Gasteiger partial charge in [-0.1, -0.05) is 78.9 Å². The Morgan fingerprint density at radius 1 is 0.846 bits per heavy atom. The number of hydrogen-bond donors (Lipinski definition) is 2. The summed E-state index contributed by atoms with van der Waals surface area (Å²) in [5.74, 6) is 0.674. The molecule has 5 rings (SSSR count). The molecule has 0 radical (unpaired) electrons. The van der Waals surface area contributed by atoms with Crippen LogP contribution in [0.2, 0.25) is 0 Å². The van der Waals surface area contributed by atoms with Crippen LogP contribution in [0.25, 0.3) is 0 Å². The SMILES string of the molecule is NC1CC(c2ccccc2)C2(c3ccccc3)Oc3ccccc3C12O. The number of benzene rings is 3. The molecule has 4 unspecified atom stereocenters. The van der Waals surface area contributed by atoms with Crippen molar-refractivity contribution in [3.63, 3.8) is 0 Å². The Hall–Kier alpha value is -2.62. The Balaban J connectivity index is 1.81. The molecule has 3 nitrogen and oxygen atoms in total. The highest BCUT2D eigenvalue weighted by molar-refractivity contribution is 5.54. The third-order valence-corrected chi connectivity index (χ3v) is 6.06. The van der Waals surface area contributed by atoms with Crippen LogP contribution in [0, 0.1) is 0 Å². The second-order valence-electron chi connectivity index (χ2n) is 7.27. The van der Waals surface area contributed by atoms with Crippen LogP contribution in [0.4, 0.5) is 0 Å². The van der Waals surface area contributed by atoms with E-state index in [0.29, 0.717) is 6.42 Å². The zero-order valence-corrected chi connectivity index (χ0v) is 14.4. The fourth-order valence-corrected chi connectivity index (χ4v) is 4.95. The molecular weight excluding hydrogens is 322 g/mol. The number of nitrogens with two attached hydrogens (primary N) is 1. The highest BCUT2D eigenvalue weighted by Gasteiger charge is 2.71. The van der Waals surface area contributed by atoms with Gasteiger partial charge in [-0.05, 0) is 23.6 Å². The molecule has 3 N–H and O–H groups in total. The summed E-state index contributed by atoms with van der Waals surface area (Å²) in [4.78, 5) is 0. The van der Waals surface area contributed by atoms with Crippen LogP contribution in [-0.2, 0) is 11.2 Å². The molecule has 3 aromatic carbocycles. The molecule has 3 heteroatoms. The monoisotopic (exact) mass is 343 g/mol. The maximum Gasteiger partial charge on any atom is 0.175 e. The van der Waals surface area contributed by atoms with Crippen molar-refractivity contribution >= 4 is 0 Å². The minimum atomic E-state index is -1.27. The van der Waals surface area contributed by atoms with Crippen molar-refractivity contribution < 1.29 is 9.84 Å². The Kier molecular flexibility index (Phi) is 3.27. The van der Waals surface area contributed by atoms with Gasteiger partial charge in [-0.25, -0.2) is 0 Å². The van der Waals surface area contributed by atoms with E-state index in [-0.39, 0.29) is 5.92 Å². The number of aliphatic hydroxyl groups is 1. The first kappa shape index (κ1) is 15.6. The van der Waals surface area contributed by atoms with Crippen molar-refractivity contribution in [3.8, 4) is 5.75 Å². The van der Waals surface area contributed by atoms with Crippen LogP contribution in [-0.4, -0.2) is 11.1 Å². The van der Waals surface area contributed by atoms with Crippen molar-refractivity contribution in [2.45, 2.75) is 29.6 Å². The fraction of sp³-hybridized carbons (Fsp3) is 0.217. The third-order valence-electron chi connectivity index (χ3n) is 6.06. The van der Waals surface area contributed by atoms with Crippen LogP contribution < -0.4 is 10.5 Å². The molecule has 0 saturated heterocycles. The molecule has 0 bridgehead atoms. The van der Waals surface area contributed by atoms with Crippen molar-refractivity contribution in [2.24, 2.45) is 5.73 Å². The predicted molar refractivity (Wildman–Crippen MR) is 101 cm³/mol. The van der Waals surface area contributed by atoms with Gasteiger partial charge in [-0.3, -0.25) is 0 Å². The third kappa shape index (κ3) is 1.79. The summed E-state index contributed by atoms with van der Waals surface area (Å²) in [6.07, 6.45) is 0.656. The van der Waals surface area contributed by atoms with E-state index in [1.165, 1.54) is 0 Å². The van der Waals surface area contributed by atoms with Crippen molar-refractivity contribution in [3.05, 3.63) is 102 Å². The van der Waals surface area contributed by atoms with E-state index < -0.39 is 17.2 Å². The van der Waals surface area contributed by atoms with E-state index in [0.717, 1.165) is 22.4 Å². The Morgan fingerprint density at radius 3 is 2.19 bits per heavy atom. The van der Waals surface area contributed by atoms with Gasteiger partial charge in [0.15, 0.2) is 11.2 Å². The minimum absolute atomic E-state index is 0.0431. The first-order valence-electron chi connectivity index (χ1n) is 9.05. The first-order chi connectivity index (χ1) is 12.7. The lowest BCUT2D eigenvalue weighted by atomic mass is 9.71. The van der Waals surface area contributed by atoms with Gasteiger partial charge in [-0.15, -0.1) is 0 Å². The van der Waals surface area contributed by atoms with Gasteiger partial charge in [0, 0.05) is 17.5 Å². The largest absolute Gasteiger partial charge is 0.478 e. The van der Waals surface area contributed by atoms with Gasteiger partial charge in [0.2, 0.25) is 0 Å². The van der Waals surface area contributed by atoms with Crippen LogP contribution >= 0.6 is 0 Å². The van der Waals surface area contributed by atoms with Crippen molar-refractivity contribution in [2.75, 3.05) is 0 Å². The number of hydrogen-bond acceptors (Lipinski definition) is 3. The standard InChI is InChI=1S/C23H21NO2/c24-21-15-19(16-9-3-1-4-10-16)23(17-11-5-2-6-12-17)22(21,25)18-13-7-8-14-20(18)26-23/h1-14,19,21,25H,15,24H2.